The summed E-state index contributed by atoms with van der Waals surface area (Å²) in [5.41, 5.74) is 2.52. The van der Waals surface area contributed by atoms with Gasteiger partial charge < -0.3 is 9.84 Å². The Morgan fingerprint density at radius 1 is 1.16 bits per heavy atom. The molecule has 0 bridgehead atoms. The maximum atomic E-state index is 12.1. The number of ketones is 1. The van der Waals surface area contributed by atoms with Crippen molar-refractivity contribution < 1.29 is 14.6 Å². The van der Waals surface area contributed by atoms with Gasteiger partial charge in [-0.25, -0.2) is 0 Å². The highest BCUT2D eigenvalue weighted by molar-refractivity contribution is 6.14. The van der Waals surface area contributed by atoms with E-state index in [-0.39, 0.29) is 17.3 Å². The quantitative estimate of drug-likeness (QED) is 0.792. The molecule has 2 aromatic rings. The van der Waals surface area contributed by atoms with Crippen molar-refractivity contribution in [2.75, 3.05) is 0 Å². The molecule has 0 saturated carbocycles. The van der Waals surface area contributed by atoms with Gasteiger partial charge in [-0.1, -0.05) is 29.8 Å². The van der Waals surface area contributed by atoms with Gasteiger partial charge in [-0.05, 0) is 30.7 Å². The third kappa shape index (κ3) is 2.10. The number of hydrogen-bond donors (Lipinski definition) is 1. The summed E-state index contributed by atoms with van der Waals surface area (Å²) in [6.45, 7) is 1.99. The molecule has 0 radical (unpaired) electrons. The van der Waals surface area contributed by atoms with Crippen LogP contribution in [0, 0.1) is 6.92 Å². The number of aryl methyl sites for hydroxylation is 1. The molecule has 0 spiro atoms. The number of carbonyl (C=O) groups excluding carboxylic acids is 1. The van der Waals surface area contributed by atoms with Crippen molar-refractivity contribution in [3.63, 3.8) is 0 Å². The molecule has 0 aromatic heterocycles. The molecular formula is C16H12O3. The summed E-state index contributed by atoms with van der Waals surface area (Å²) in [6.07, 6.45) is 1.71. The third-order valence-electron chi connectivity index (χ3n) is 2.99. The van der Waals surface area contributed by atoms with Gasteiger partial charge in [0.25, 0.3) is 0 Å². The van der Waals surface area contributed by atoms with Crippen LogP contribution < -0.4 is 4.74 Å². The third-order valence-corrected chi connectivity index (χ3v) is 2.99. The van der Waals surface area contributed by atoms with Gasteiger partial charge in [-0.2, -0.15) is 0 Å². The average molecular weight is 252 g/mol. The molecule has 1 aliphatic rings. The van der Waals surface area contributed by atoms with Crippen molar-refractivity contribution in [1.82, 2.24) is 0 Å². The highest BCUT2D eigenvalue weighted by Crippen LogP contribution is 2.34. The fraction of sp³-hybridized carbons (Fsp3) is 0.0625. The van der Waals surface area contributed by atoms with Gasteiger partial charge >= 0.3 is 0 Å². The number of carbonyl (C=O) groups is 1. The molecule has 19 heavy (non-hydrogen) atoms. The number of allylic oxidation sites excluding steroid dienone is 1. The number of fused-ring (bicyclic) bond motifs is 1. The van der Waals surface area contributed by atoms with E-state index in [1.807, 2.05) is 31.2 Å². The summed E-state index contributed by atoms with van der Waals surface area (Å²) in [5.74, 6) is 0.620. The number of ether oxygens (including phenoxy) is 1. The van der Waals surface area contributed by atoms with E-state index < -0.39 is 0 Å². The normalized spacial score (nSPS) is 15.4. The van der Waals surface area contributed by atoms with Crippen LogP contribution in [0.4, 0.5) is 0 Å². The molecule has 1 N–H and O–H groups in total. The van der Waals surface area contributed by atoms with E-state index in [4.69, 9.17) is 4.74 Å². The minimum atomic E-state index is -0.156. The minimum Gasteiger partial charge on any atom is -0.508 e. The average Bonchev–Trinajstić information content (AvgIpc) is 2.66. The second-order valence-corrected chi connectivity index (χ2v) is 4.53. The number of rotatable bonds is 1. The Bertz CT molecular complexity index is 699. The largest absolute Gasteiger partial charge is 0.508 e. The Hall–Kier alpha value is -2.55. The van der Waals surface area contributed by atoms with Gasteiger partial charge in [-0.15, -0.1) is 0 Å². The smallest absolute Gasteiger partial charge is 0.231 e. The maximum absolute atomic E-state index is 12.1. The van der Waals surface area contributed by atoms with Crippen LogP contribution in [-0.2, 0) is 0 Å². The standard InChI is InChI=1S/C16H12O3/c1-10-3-2-4-11(7-10)8-15-16(18)13-6-5-12(17)9-14(13)19-15/h2-9,17H,1H3. The molecule has 1 aliphatic heterocycles. The number of benzene rings is 2. The molecule has 1 heterocycles. The van der Waals surface area contributed by atoms with Crippen LogP contribution in [0.2, 0.25) is 0 Å². The zero-order valence-corrected chi connectivity index (χ0v) is 10.4. The Kier molecular flexibility index (Phi) is 2.60. The first-order valence-electron chi connectivity index (χ1n) is 5.97. The van der Waals surface area contributed by atoms with Crippen LogP contribution in [0.5, 0.6) is 11.5 Å². The predicted octanol–water partition coefficient (Wildman–Crippen LogP) is 3.32. The SMILES string of the molecule is Cc1cccc(C=C2Oc3cc(O)ccc3C2=O)c1. The first-order chi connectivity index (χ1) is 9.13. The topological polar surface area (TPSA) is 46.5 Å². The van der Waals surface area contributed by atoms with Crippen LogP contribution in [-0.4, -0.2) is 10.9 Å². The molecule has 3 nitrogen and oxygen atoms in total. The second-order valence-electron chi connectivity index (χ2n) is 4.53. The summed E-state index contributed by atoms with van der Waals surface area (Å²) in [7, 11) is 0. The molecule has 0 atom stereocenters. The van der Waals surface area contributed by atoms with Crippen molar-refractivity contribution in [2.24, 2.45) is 0 Å². The summed E-state index contributed by atoms with van der Waals surface area (Å²) in [6, 6.07) is 12.3. The summed E-state index contributed by atoms with van der Waals surface area (Å²) < 4.78 is 5.50. The fourth-order valence-corrected chi connectivity index (χ4v) is 2.09. The highest BCUT2D eigenvalue weighted by Gasteiger charge is 2.27. The Morgan fingerprint density at radius 3 is 2.79 bits per heavy atom. The Morgan fingerprint density at radius 2 is 2.00 bits per heavy atom. The molecule has 0 fully saturated rings. The van der Waals surface area contributed by atoms with Gasteiger partial charge in [0.1, 0.15) is 11.5 Å². The first kappa shape index (κ1) is 11.5. The lowest BCUT2D eigenvalue weighted by Gasteiger charge is -1.99. The molecule has 94 valence electrons. The lowest BCUT2D eigenvalue weighted by Crippen LogP contribution is -1.97. The minimum absolute atomic E-state index is 0.0864. The van der Waals surface area contributed by atoms with Crippen molar-refractivity contribution in [1.29, 1.82) is 0 Å². The number of hydrogen-bond acceptors (Lipinski definition) is 3. The number of phenolic OH excluding ortho intramolecular Hbond substituents is 1. The van der Waals surface area contributed by atoms with Crippen LogP contribution in [0.3, 0.4) is 0 Å². The van der Waals surface area contributed by atoms with Crippen molar-refractivity contribution in [3.8, 4) is 11.5 Å². The van der Waals surface area contributed by atoms with Gasteiger partial charge in [0.15, 0.2) is 5.76 Å². The van der Waals surface area contributed by atoms with Crippen LogP contribution in [0.15, 0.2) is 48.2 Å². The van der Waals surface area contributed by atoms with Gasteiger partial charge in [0.05, 0.1) is 5.56 Å². The fourth-order valence-electron chi connectivity index (χ4n) is 2.09. The number of aromatic hydroxyl groups is 1. The monoisotopic (exact) mass is 252 g/mol. The lowest BCUT2D eigenvalue weighted by molar-refractivity contribution is 0.101. The van der Waals surface area contributed by atoms with E-state index >= 15 is 0 Å². The Labute approximate surface area is 110 Å². The summed E-state index contributed by atoms with van der Waals surface area (Å²) >= 11 is 0. The van der Waals surface area contributed by atoms with Gasteiger partial charge in [0, 0.05) is 6.07 Å². The predicted molar refractivity (Wildman–Crippen MR) is 72.2 cm³/mol. The van der Waals surface area contributed by atoms with E-state index in [1.54, 1.807) is 12.1 Å². The lowest BCUT2D eigenvalue weighted by atomic mass is 10.1. The van der Waals surface area contributed by atoms with Crippen molar-refractivity contribution >= 4 is 11.9 Å². The molecular weight excluding hydrogens is 240 g/mol. The molecule has 0 saturated heterocycles. The second kappa shape index (κ2) is 4.28. The molecule has 0 unspecified atom stereocenters. The molecule has 3 heteroatoms. The van der Waals surface area contributed by atoms with E-state index in [2.05, 4.69) is 0 Å². The zero-order chi connectivity index (χ0) is 13.4. The van der Waals surface area contributed by atoms with E-state index in [9.17, 15) is 9.90 Å². The maximum Gasteiger partial charge on any atom is 0.231 e. The van der Waals surface area contributed by atoms with Gasteiger partial charge in [-0.3, -0.25) is 4.79 Å². The van der Waals surface area contributed by atoms with Crippen LogP contribution >= 0.6 is 0 Å². The van der Waals surface area contributed by atoms with Crippen LogP contribution in [0.25, 0.3) is 6.08 Å². The molecule has 2 aromatic carbocycles. The van der Waals surface area contributed by atoms with Crippen LogP contribution in [0.1, 0.15) is 21.5 Å². The molecule has 0 aliphatic carbocycles. The van der Waals surface area contributed by atoms with Crippen molar-refractivity contribution in [2.45, 2.75) is 6.92 Å². The summed E-state index contributed by atoms with van der Waals surface area (Å²) in [4.78, 5) is 12.1. The number of phenols is 1. The van der Waals surface area contributed by atoms with Crippen molar-refractivity contribution in [3.05, 3.63) is 64.9 Å². The molecule has 3 rings (SSSR count). The Balaban J connectivity index is 1.99. The number of Topliss-reactive ketones (excluding diaryl/α,β-unsaturated/α-hetero) is 1. The van der Waals surface area contributed by atoms with E-state index in [1.165, 1.54) is 12.1 Å². The first-order valence-corrected chi connectivity index (χ1v) is 5.97. The van der Waals surface area contributed by atoms with E-state index in [0.29, 0.717) is 11.3 Å². The van der Waals surface area contributed by atoms with Gasteiger partial charge in [0.2, 0.25) is 5.78 Å². The highest BCUT2D eigenvalue weighted by atomic mass is 16.5. The molecule has 0 amide bonds. The van der Waals surface area contributed by atoms with E-state index in [0.717, 1.165) is 11.1 Å². The zero-order valence-electron chi connectivity index (χ0n) is 10.4. The summed E-state index contributed by atoms with van der Waals surface area (Å²) in [5, 5.41) is 9.38.